The lowest BCUT2D eigenvalue weighted by atomic mass is 10.2. The Morgan fingerprint density at radius 1 is 1.75 bits per heavy atom. The molecule has 2 N–H and O–H groups in total. The highest BCUT2D eigenvalue weighted by Crippen LogP contribution is 2.03. The molecule has 1 heterocycles. The molecule has 0 aliphatic rings. The van der Waals surface area contributed by atoms with Crippen LogP contribution >= 0.6 is 0 Å². The highest BCUT2D eigenvalue weighted by Gasteiger charge is 2.09. The SMILES string of the molecule is CCc1ncncc1C(=O)NO. The molecule has 5 heteroatoms. The number of rotatable bonds is 2. The summed E-state index contributed by atoms with van der Waals surface area (Å²) >= 11 is 0. The van der Waals surface area contributed by atoms with E-state index in [-0.39, 0.29) is 0 Å². The van der Waals surface area contributed by atoms with Crippen LogP contribution in [0.1, 0.15) is 23.0 Å². The van der Waals surface area contributed by atoms with Crippen LogP contribution in [0.5, 0.6) is 0 Å². The maximum atomic E-state index is 11.0. The number of nitrogens with one attached hydrogen (secondary N) is 1. The van der Waals surface area contributed by atoms with Crippen LogP contribution in [0.3, 0.4) is 0 Å². The van der Waals surface area contributed by atoms with E-state index in [2.05, 4.69) is 9.97 Å². The van der Waals surface area contributed by atoms with E-state index in [1.807, 2.05) is 6.92 Å². The van der Waals surface area contributed by atoms with Crippen LogP contribution in [0.15, 0.2) is 12.5 Å². The fourth-order valence-corrected chi connectivity index (χ4v) is 0.887. The van der Waals surface area contributed by atoms with Crippen molar-refractivity contribution in [2.75, 3.05) is 0 Å². The van der Waals surface area contributed by atoms with Crippen molar-refractivity contribution in [3.63, 3.8) is 0 Å². The zero-order valence-electron chi connectivity index (χ0n) is 6.61. The minimum absolute atomic E-state index is 0.308. The Hall–Kier alpha value is -1.49. The molecule has 0 radical (unpaired) electrons. The monoisotopic (exact) mass is 167 g/mol. The molecule has 0 fully saturated rings. The van der Waals surface area contributed by atoms with Gasteiger partial charge in [-0.3, -0.25) is 10.0 Å². The maximum absolute atomic E-state index is 11.0. The lowest BCUT2D eigenvalue weighted by Crippen LogP contribution is -2.21. The average Bonchev–Trinajstić information content (AvgIpc) is 2.16. The van der Waals surface area contributed by atoms with Crippen LogP contribution in [0.2, 0.25) is 0 Å². The van der Waals surface area contributed by atoms with Crippen LogP contribution in [-0.2, 0) is 6.42 Å². The van der Waals surface area contributed by atoms with E-state index in [1.165, 1.54) is 18.0 Å². The van der Waals surface area contributed by atoms with Gasteiger partial charge in [0.15, 0.2) is 0 Å². The summed E-state index contributed by atoms with van der Waals surface area (Å²) in [5, 5.41) is 8.35. The van der Waals surface area contributed by atoms with Crippen molar-refractivity contribution >= 4 is 5.91 Å². The van der Waals surface area contributed by atoms with Crippen LogP contribution in [0.25, 0.3) is 0 Å². The Labute approximate surface area is 69.4 Å². The topological polar surface area (TPSA) is 75.1 Å². The molecule has 0 saturated carbocycles. The molecule has 0 aromatic carbocycles. The third kappa shape index (κ3) is 1.57. The van der Waals surface area contributed by atoms with Crippen molar-refractivity contribution in [1.29, 1.82) is 0 Å². The van der Waals surface area contributed by atoms with Gasteiger partial charge >= 0.3 is 0 Å². The average molecular weight is 167 g/mol. The van der Waals surface area contributed by atoms with Crippen LogP contribution in [-0.4, -0.2) is 21.1 Å². The van der Waals surface area contributed by atoms with Crippen LogP contribution in [0, 0.1) is 0 Å². The number of amides is 1. The van der Waals surface area contributed by atoms with E-state index >= 15 is 0 Å². The molecule has 64 valence electrons. The molecule has 1 aromatic rings. The predicted molar refractivity (Wildman–Crippen MR) is 40.7 cm³/mol. The molecule has 1 aromatic heterocycles. The first-order valence-corrected chi connectivity index (χ1v) is 3.53. The number of carbonyl (C=O) groups is 1. The van der Waals surface area contributed by atoms with Gasteiger partial charge in [-0.25, -0.2) is 15.4 Å². The van der Waals surface area contributed by atoms with E-state index in [4.69, 9.17) is 5.21 Å². The van der Waals surface area contributed by atoms with Crippen molar-refractivity contribution in [2.45, 2.75) is 13.3 Å². The second-order valence-electron chi connectivity index (χ2n) is 2.18. The van der Waals surface area contributed by atoms with Gasteiger partial charge in [0.2, 0.25) is 0 Å². The van der Waals surface area contributed by atoms with E-state index in [1.54, 1.807) is 0 Å². The van der Waals surface area contributed by atoms with Gasteiger partial charge in [-0.15, -0.1) is 0 Å². The smallest absolute Gasteiger partial charge is 0.278 e. The first-order chi connectivity index (χ1) is 5.79. The first-order valence-electron chi connectivity index (χ1n) is 3.53. The lowest BCUT2D eigenvalue weighted by Gasteiger charge is -2.01. The van der Waals surface area contributed by atoms with Gasteiger partial charge in [-0.2, -0.15) is 0 Å². The second-order valence-corrected chi connectivity index (χ2v) is 2.18. The quantitative estimate of drug-likeness (QED) is 0.486. The van der Waals surface area contributed by atoms with Gasteiger partial charge in [-0.1, -0.05) is 6.92 Å². The Bertz CT molecular complexity index is 288. The summed E-state index contributed by atoms with van der Waals surface area (Å²) < 4.78 is 0. The number of carbonyl (C=O) groups excluding carboxylic acids is 1. The van der Waals surface area contributed by atoms with Gasteiger partial charge in [-0.05, 0) is 6.42 Å². The van der Waals surface area contributed by atoms with Gasteiger partial charge in [0, 0.05) is 6.20 Å². The fraction of sp³-hybridized carbons (Fsp3) is 0.286. The first kappa shape index (κ1) is 8.61. The molecule has 1 rings (SSSR count). The number of hydroxylamine groups is 1. The molecule has 0 bridgehead atoms. The summed E-state index contributed by atoms with van der Waals surface area (Å²) in [7, 11) is 0. The molecule has 5 nitrogen and oxygen atoms in total. The Balaban J connectivity index is 3.04. The zero-order valence-corrected chi connectivity index (χ0v) is 6.61. The molecule has 0 aliphatic heterocycles. The predicted octanol–water partition coefficient (Wildman–Crippen LogP) is 0.158. The van der Waals surface area contributed by atoms with E-state index in [0.717, 1.165) is 0 Å². The standard InChI is InChI=1S/C7H9N3O2/c1-2-6-5(7(11)10-12)3-8-4-9-6/h3-4,12H,2H2,1H3,(H,10,11). The molecule has 0 saturated heterocycles. The van der Waals surface area contributed by atoms with Crippen molar-refractivity contribution in [3.8, 4) is 0 Å². The molecule has 12 heavy (non-hydrogen) atoms. The van der Waals surface area contributed by atoms with E-state index < -0.39 is 5.91 Å². The highest BCUT2D eigenvalue weighted by molar-refractivity contribution is 5.94. The van der Waals surface area contributed by atoms with Crippen LogP contribution in [0.4, 0.5) is 0 Å². The molecular formula is C7H9N3O2. The molecule has 0 aliphatic carbocycles. The van der Waals surface area contributed by atoms with Gasteiger partial charge in [0.05, 0.1) is 11.3 Å². The van der Waals surface area contributed by atoms with Gasteiger partial charge in [0.25, 0.3) is 5.91 Å². The van der Waals surface area contributed by atoms with Gasteiger partial charge in [0.1, 0.15) is 6.33 Å². The van der Waals surface area contributed by atoms with E-state index in [9.17, 15) is 4.79 Å². The number of aromatic nitrogens is 2. The van der Waals surface area contributed by atoms with E-state index in [0.29, 0.717) is 17.7 Å². The molecule has 1 amide bonds. The number of nitrogens with zero attached hydrogens (tertiary/aromatic N) is 2. The Morgan fingerprint density at radius 3 is 3.08 bits per heavy atom. The minimum Gasteiger partial charge on any atom is -0.288 e. The Kier molecular flexibility index (Phi) is 2.71. The van der Waals surface area contributed by atoms with Crippen molar-refractivity contribution in [2.24, 2.45) is 0 Å². The van der Waals surface area contributed by atoms with Crippen molar-refractivity contribution in [3.05, 3.63) is 23.8 Å². The Morgan fingerprint density at radius 2 is 2.50 bits per heavy atom. The third-order valence-corrected chi connectivity index (χ3v) is 1.48. The number of hydrogen-bond acceptors (Lipinski definition) is 4. The van der Waals surface area contributed by atoms with Gasteiger partial charge < -0.3 is 0 Å². The summed E-state index contributed by atoms with van der Waals surface area (Å²) in [5.74, 6) is -0.576. The molecule has 0 spiro atoms. The summed E-state index contributed by atoms with van der Waals surface area (Å²) in [4.78, 5) is 18.5. The molecule has 0 atom stereocenters. The number of hydrogen-bond donors (Lipinski definition) is 2. The minimum atomic E-state index is -0.576. The third-order valence-electron chi connectivity index (χ3n) is 1.48. The summed E-state index contributed by atoms with van der Waals surface area (Å²) in [6.45, 7) is 1.87. The molecule has 0 unspecified atom stereocenters. The normalized spacial score (nSPS) is 9.50. The summed E-state index contributed by atoms with van der Waals surface area (Å²) in [6, 6.07) is 0. The lowest BCUT2D eigenvalue weighted by molar-refractivity contribution is 0.0704. The largest absolute Gasteiger partial charge is 0.288 e. The zero-order chi connectivity index (χ0) is 8.97. The number of aryl methyl sites for hydroxylation is 1. The maximum Gasteiger partial charge on any atom is 0.278 e. The highest BCUT2D eigenvalue weighted by atomic mass is 16.5. The molecular weight excluding hydrogens is 158 g/mol. The second kappa shape index (κ2) is 3.77. The van der Waals surface area contributed by atoms with Crippen molar-refractivity contribution < 1.29 is 10.0 Å². The fourth-order valence-electron chi connectivity index (χ4n) is 0.887. The summed E-state index contributed by atoms with van der Waals surface area (Å²) in [6.07, 6.45) is 3.37. The van der Waals surface area contributed by atoms with Crippen LogP contribution < -0.4 is 5.48 Å². The summed E-state index contributed by atoms with van der Waals surface area (Å²) in [5.41, 5.74) is 2.47. The van der Waals surface area contributed by atoms with Crippen molar-refractivity contribution in [1.82, 2.24) is 15.4 Å².